The first-order valence-corrected chi connectivity index (χ1v) is 7.27. The van der Waals surface area contributed by atoms with Crippen LogP contribution in [0.5, 0.6) is 5.75 Å². The zero-order valence-corrected chi connectivity index (χ0v) is 12.3. The quantitative estimate of drug-likeness (QED) is 0.748. The van der Waals surface area contributed by atoms with E-state index in [1.165, 1.54) is 16.5 Å². The number of nitrogens with one attached hydrogen (secondary N) is 1. The van der Waals surface area contributed by atoms with E-state index in [0.29, 0.717) is 6.61 Å². The number of hydrogen-bond acceptors (Lipinski definition) is 2. The summed E-state index contributed by atoms with van der Waals surface area (Å²) in [5.41, 5.74) is 2.56. The third-order valence-electron chi connectivity index (χ3n) is 3.56. The summed E-state index contributed by atoms with van der Waals surface area (Å²) in [6.07, 6.45) is 2.13. The predicted octanol–water partition coefficient (Wildman–Crippen LogP) is 3.44. The lowest BCUT2D eigenvalue weighted by Crippen LogP contribution is -2.08. The summed E-state index contributed by atoms with van der Waals surface area (Å²) in [4.78, 5) is 0. The lowest BCUT2D eigenvalue weighted by atomic mass is 10.1. The van der Waals surface area contributed by atoms with Gasteiger partial charge in [-0.3, -0.25) is 0 Å². The molecule has 21 heavy (non-hydrogen) atoms. The van der Waals surface area contributed by atoms with Crippen molar-refractivity contribution in [2.45, 2.75) is 13.1 Å². The van der Waals surface area contributed by atoms with Crippen molar-refractivity contribution in [3.8, 4) is 5.75 Å². The summed E-state index contributed by atoms with van der Waals surface area (Å²) < 4.78 is 8.02. The average molecular weight is 280 g/mol. The molecule has 108 valence electrons. The smallest absolute Gasteiger partial charge is 0.119 e. The SMILES string of the molecule is CNCc1ccc2ccn(CCOc3ccccc3)c2c1. The van der Waals surface area contributed by atoms with Crippen LogP contribution < -0.4 is 10.1 Å². The average Bonchev–Trinajstić information content (AvgIpc) is 2.91. The fraction of sp³-hybridized carbons (Fsp3) is 0.222. The molecule has 3 nitrogen and oxygen atoms in total. The Hall–Kier alpha value is -2.26. The molecule has 0 fully saturated rings. The Bertz CT molecular complexity index is 704. The maximum Gasteiger partial charge on any atom is 0.119 e. The highest BCUT2D eigenvalue weighted by Crippen LogP contribution is 2.18. The lowest BCUT2D eigenvalue weighted by Gasteiger charge is -2.09. The highest BCUT2D eigenvalue weighted by molar-refractivity contribution is 5.80. The zero-order valence-electron chi connectivity index (χ0n) is 12.3. The molecule has 1 aromatic heterocycles. The van der Waals surface area contributed by atoms with Crippen LogP contribution in [0.15, 0.2) is 60.8 Å². The molecule has 2 aromatic carbocycles. The van der Waals surface area contributed by atoms with Gasteiger partial charge in [0.1, 0.15) is 12.4 Å². The van der Waals surface area contributed by atoms with Gasteiger partial charge in [0.25, 0.3) is 0 Å². The molecule has 0 aliphatic heterocycles. The molecule has 3 aromatic rings. The lowest BCUT2D eigenvalue weighted by molar-refractivity contribution is 0.300. The number of para-hydroxylation sites is 1. The minimum atomic E-state index is 0.671. The third kappa shape index (κ3) is 3.26. The van der Waals surface area contributed by atoms with Gasteiger partial charge in [0.15, 0.2) is 0 Å². The van der Waals surface area contributed by atoms with E-state index in [1.54, 1.807) is 0 Å². The second-order valence-corrected chi connectivity index (χ2v) is 5.09. The minimum absolute atomic E-state index is 0.671. The van der Waals surface area contributed by atoms with Crippen molar-refractivity contribution in [1.82, 2.24) is 9.88 Å². The van der Waals surface area contributed by atoms with E-state index in [1.807, 2.05) is 37.4 Å². The van der Waals surface area contributed by atoms with Gasteiger partial charge in [0.2, 0.25) is 0 Å². The van der Waals surface area contributed by atoms with E-state index in [4.69, 9.17) is 4.74 Å². The van der Waals surface area contributed by atoms with E-state index in [0.717, 1.165) is 18.8 Å². The first-order chi connectivity index (χ1) is 10.4. The van der Waals surface area contributed by atoms with Crippen molar-refractivity contribution in [2.75, 3.05) is 13.7 Å². The fourth-order valence-electron chi connectivity index (χ4n) is 2.52. The largest absolute Gasteiger partial charge is 0.492 e. The Morgan fingerprint density at radius 3 is 2.71 bits per heavy atom. The first kappa shape index (κ1) is 13.7. The molecule has 0 saturated carbocycles. The molecule has 1 heterocycles. The number of benzene rings is 2. The van der Waals surface area contributed by atoms with Crippen molar-refractivity contribution in [1.29, 1.82) is 0 Å². The van der Waals surface area contributed by atoms with Crippen LogP contribution in [0.1, 0.15) is 5.56 Å². The molecule has 0 aliphatic carbocycles. The van der Waals surface area contributed by atoms with E-state index in [9.17, 15) is 0 Å². The maximum absolute atomic E-state index is 5.77. The van der Waals surface area contributed by atoms with Gasteiger partial charge in [0, 0.05) is 18.3 Å². The predicted molar refractivity (Wildman–Crippen MR) is 86.6 cm³/mol. The van der Waals surface area contributed by atoms with E-state index in [-0.39, 0.29) is 0 Å². The monoisotopic (exact) mass is 280 g/mol. The molecule has 3 heteroatoms. The number of ether oxygens (including phenoxy) is 1. The van der Waals surface area contributed by atoms with Crippen LogP contribution in [-0.2, 0) is 13.1 Å². The number of rotatable bonds is 6. The summed E-state index contributed by atoms with van der Waals surface area (Å²) in [5, 5.41) is 4.46. The van der Waals surface area contributed by atoms with Gasteiger partial charge in [-0.05, 0) is 42.3 Å². The molecular weight excluding hydrogens is 260 g/mol. The Morgan fingerprint density at radius 1 is 1.05 bits per heavy atom. The number of fused-ring (bicyclic) bond motifs is 1. The summed E-state index contributed by atoms with van der Waals surface area (Å²) in [7, 11) is 1.97. The van der Waals surface area contributed by atoms with Crippen LogP contribution in [0.25, 0.3) is 10.9 Å². The molecule has 0 spiro atoms. The topological polar surface area (TPSA) is 26.2 Å². The molecule has 0 atom stereocenters. The third-order valence-corrected chi connectivity index (χ3v) is 3.56. The molecule has 0 saturated heterocycles. The summed E-state index contributed by atoms with van der Waals surface area (Å²) in [5.74, 6) is 0.921. The van der Waals surface area contributed by atoms with Crippen LogP contribution in [0.3, 0.4) is 0 Å². The Labute approximate surface area is 125 Å². The van der Waals surface area contributed by atoms with Crippen LogP contribution in [-0.4, -0.2) is 18.2 Å². The van der Waals surface area contributed by atoms with Gasteiger partial charge in [0.05, 0.1) is 6.54 Å². The van der Waals surface area contributed by atoms with Crippen molar-refractivity contribution in [3.63, 3.8) is 0 Å². The van der Waals surface area contributed by atoms with Crippen LogP contribution >= 0.6 is 0 Å². The second-order valence-electron chi connectivity index (χ2n) is 5.09. The Kier molecular flexibility index (Phi) is 4.22. The molecule has 0 amide bonds. The Morgan fingerprint density at radius 2 is 1.90 bits per heavy atom. The normalized spacial score (nSPS) is 10.9. The van der Waals surface area contributed by atoms with Crippen molar-refractivity contribution < 1.29 is 4.74 Å². The van der Waals surface area contributed by atoms with Gasteiger partial charge in [-0.1, -0.05) is 30.3 Å². The standard InChI is InChI=1S/C18H20N2O/c1-19-14-15-7-8-16-9-10-20(18(16)13-15)11-12-21-17-5-3-2-4-6-17/h2-10,13,19H,11-12,14H2,1H3. The number of nitrogens with zero attached hydrogens (tertiary/aromatic N) is 1. The molecular formula is C18H20N2O. The Balaban J connectivity index is 1.70. The fourth-order valence-corrected chi connectivity index (χ4v) is 2.52. The van der Waals surface area contributed by atoms with Gasteiger partial charge in [-0.15, -0.1) is 0 Å². The molecule has 0 unspecified atom stereocenters. The highest BCUT2D eigenvalue weighted by atomic mass is 16.5. The summed E-state index contributed by atoms with van der Waals surface area (Å²) in [6, 6.07) is 18.7. The zero-order chi connectivity index (χ0) is 14.5. The molecule has 0 bridgehead atoms. The van der Waals surface area contributed by atoms with Gasteiger partial charge in [-0.2, -0.15) is 0 Å². The van der Waals surface area contributed by atoms with E-state index < -0.39 is 0 Å². The minimum Gasteiger partial charge on any atom is -0.492 e. The summed E-state index contributed by atoms with van der Waals surface area (Å²) in [6.45, 7) is 2.41. The number of hydrogen-bond donors (Lipinski definition) is 1. The van der Waals surface area contributed by atoms with E-state index in [2.05, 4.69) is 40.3 Å². The van der Waals surface area contributed by atoms with Crippen LogP contribution in [0.4, 0.5) is 0 Å². The highest BCUT2D eigenvalue weighted by Gasteiger charge is 2.02. The maximum atomic E-state index is 5.77. The molecule has 0 aliphatic rings. The van der Waals surface area contributed by atoms with E-state index >= 15 is 0 Å². The van der Waals surface area contributed by atoms with Crippen molar-refractivity contribution >= 4 is 10.9 Å². The van der Waals surface area contributed by atoms with Gasteiger partial charge in [-0.25, -0.2) is 0 Å². The molecule has 3 rings (SSSR count). The van der Waals surface area contributed by atoms with Crippen LogP contribution in [0.2, 0.25) is 0 Å². The van der Waals surface area contributed by atoms with Crippen LogP contribution in [0, 0.1) is 0 Å². The summed E-state index contributed by atoms with van der Waals surface area (Å²) >= 11 is 0. The first-order valence-electron chi connectivity index (χ1n) is 7.27. The molecule has 0 radical (unpaired) electrons. The second kappa shape index (κ2) is 6.46. The molecule has 1 N–H and O–H groups in total. The number of aromatic nitrogens is 1. The van der Waals surface area contributed by atoms with Gasteiger partial charge >= 0.3 is 0 Å². The van der Waals surface area contributed by atoms with Gasteiger partial charge < -0.3 is 14.6 Å². The van der Waals surface area contributed by atoms with Crippen molar-refractivity contribution in [2.24, 2.45) is 0 Å². The van der Waals surface area contributed by atoms with Crippen molar-refractivity contribution in [3.05, 3.63) is 66.4 Å².